The number of ether oxygens (including phenoxy) is 1. The predicted octanol–water partition coefficient (Wildman–Crippen LogP) is -0.416. The van der Waals surface area contributed by atoms with Crippen molar-refractivity contribution in [3.63, 3.8) is 0 Å². The van der Waals surface area contributed by atoms with Crippen molar-refractivity contribution in [2.24, 2.45) is 0 Å². The molecule has 0 saturated carbocycles. The Morgan fingerprint density at radius 3 is 1.07 bits per heavy atom. The lowest BCUT2D eigenvalue weighted by Crippen LogP contribution is -2.39. The van der Waals surface area contributed by atoms with Crippen LogP contribution < -0.4 is 26.6 Å². The van der Waals surface area contributed by atoms with E-state index in [0.717, 1.165) is 78.7 Å². The van der Waals surface area contributed by atoms with E-state index in [0.29, 0.717) is 0 Å². The summed E-state index contributed by atoms with van der Waals surface area (Å²) in [6, 6.07) is 0. The number of aromatic nitrogens is 3. The zero-order valence-corrected chi connectivity index (χ0v) is 18.0. The van der Waals surface area contributed by atoms with Gasteiger partial charge in [-0.15, -0.1) is 11.3 Å². The van der Waals surface area contributed by atoms with E-state index in [1.54, 1.807) is 47.8 Å². The first-order valence-corrected chi connectivity index (χ1v) is 11.1. The maximum atomic E-state index is 5.01. The minimum Gasteiger partial charge on any atom is -0.379 e. The molecular weight excluding hydrogens is 388 g/mol. The third-order valence-electron chi connectivity index (χ3n) is 3.59. The SMILES string of the molecule is C1CNCCN1.C1CNCCN1.C1COCCN1.c1cnccn1.c1cscn1. The van der Waals surface area contributed by atoms with Gasteiger partial charge in [0.15, 0.2) is 0 Å². The predicted molar refractivity (Wildman–Crippen MR) is 119 cm³/mol. The van der Waals surface area contributed by atoms with Crippen LogP contribution in [-0.4, -0.2) is 93.6 Å². The summed E-state index contributed by atoms with van der Waals surface area (Å²) >= 11 is 1.60. The number of hydrogen-bond donors (Lipinski definition) is 5. The Balaban J connectivity index is 0.000000182. The van der Waals surface area contributed by atoms with Crippen LogP contribution in [0.5, 0.6) is 0 Å². The molecule has 0 aromatic carbocycles. The summed E-state index contributed by atoms with van der Waals surface area (Å²) in [6.07, 6.45) is 8.32. The normalized spacial score (nSPS) is 17.9. The topological polar surface area (TPSA) is 108 Å². The van der Waals surface area contributed by atoms with Gasteiger partial charge in [-0.1, -0.05) is 0 Å². The lowest BCUT2D eigenvalue weighted by molar-refractivity contribution is 0.109. The smallest absolute Gasteiger partial charge is 0.0791 e. The van der Waals surface area contributed by atoms with Crippen molar-refractivity contribution >= 4 is 11.3 Å². The second-order valence-corrected chi connectivity index (χ2v) is 6.69. The molecule has 2 aromatic rings. The zero-order chi connectivity index (χ0) is 20.5. The fourth-order valence-electron chi connectivity index (χ4n) is 2.15. The molecule has 0 spiro atoms. The molecule has 0 amide bonds. The van der Waals surface area contributed by atoms with Crippen LogP contribution in [0.1, 0.15) is 0 Å². The molecule has 9 nitrogen and oxygen atoms in total. The lowest BCUT2D eigenvalue weighted by atomic mass is 10.4. The minimum atomic E-state index is 0.889. The number of piperazine rings is 2. The molecule has 5 N–H and O–H groups in total. The van der Waals surface area contributed by atoms with Gasteiger partial charge < -0.3 is 31.3 Å². The van der Waals surface area contributed by atoms with Gasteiger partial charge in [0.1, 0.15) is 0 Å². The van der Waals surface area contributed by atoms with Crippen LogP contribution in [0.2, 0.25) is 0 Å². The average molecular weight is 425 g/mol. The van der Waals surface area contributed by atoms with E-state index in [4.69, 9.17) is 4.74 Å². The molecule has 164 valence electrons. The Morgan fingerprint density at radius 2 is 0.931 bits per heavy atom. The van der Waals surface area contributed by atoms with Crippen LogP contribution in [0.25, 0.3) is 0 Å². The number of hydrogen-bond acceptors (Lipinski definition) is 10. The standard InChI is InChI=1S/2C4H10N2.C4H4N2.C4H9NO.C3H3NS/c3*1-2-6-4-3-5-1;1-3-6-4-2-5-1;1-2-5-3-4-1/h2*5-6H,1-4H2;1-4H;5H,1-4H2;1-3H. The van der Waals surface area contributed by atoms with Crippen molar-refractivity contribution < 1.29 is 4.74 Å². The molecule has 5 heterocycles. The first kappa shape index (κ1) is 25.5. The van der Waals surface area contributed by atoms with Gasteiger partial charge in [0, 0.05) is 102 Å². The first-order valence-electron chi connectivity index (χ1n) is 10.1. The Kier molecular flexibility index (Phi) is 20.0. The van der Waals surface area contributed by atoms with Gasteiger partial charge in [0.05, 0.1) is 18.7 Å². The maximum absolute atomic E-state index is 5.01. The molecule has 10 heteroatoms. The summed E-state index contributed by atoms with van der Waals surface area (Å²) < 4.78 is 5.01. The number of nitrogens with one attached hydrogen (secondary N) is 5. The molecule has 3 fully saturated rings. The van der Waals surface area contributed by atoms with Gasteiger partial charge in [0.2, 0.25) is 0 Å². The Labute approximate surface area is 178 Å². The van der Waals surface area contributed by atoms with E-state index in [9.17, 15) is 0 Å². The highest BCUT2D eigenvalue weighted by Gasteiger charge is 1.93. The zero-order valence-electron chi connectivity index (χ0n) is 17.2. The van der Waals surface area contributed by atoms with Gasteiger partial charge in [-0.2, -0.15) is 0 Å². The Morgan fingerprint density at radius 1 is 0.517 bits per heavy atom. The Bertz CT molecular complexity index is 387. The summed E-state index contributed by atoms with van der Waals surface area (Å²) in [4.78, 5) is 11.2. The fraction of sp³-hybridized carbons (Fsp3) is 0.632. The quantitative estimate of drug-likeness (QED) is 0.385. The largest absolute Gasteiger partial charge is 0.379 e. The highest BCUT2D eigenvalue weighted by molar-refractivity contribution is 7.07. The van der Waals surface area contributed by atoms with Crippen molar-refractivity contribution in [3.05, 3.63) is 41.9 Å². The highest BCUT2D eigenvalue weighted by Crippen LogP contribution is 1.86. The fourth-order valence-corrected chi connectivity index (χ4v) is 2.50. The number of thiazole rings is 1. The molecule has 2 aromatic heterocycles. The number of nitrogens with zero attached hydrogens (tertiary/aromatic N) is 3. The molecular formula is C19H36N8OS. The molecule has 29 heavy (non-hydrogen) atoms. The number of rotatable bonds is 0. The summed E-state index contributed by atoms with van der Waals surface area (Å²) in [5.74, 6) is 0. The van der Waals surface area contributed by atoms with E-state index in [1.165, 1.54) is 0 Å². The summed E-state index contributed by atoms with van der Waals surface area (Å²) in [7, 11) is 0. The van der Waals surface area contributed by atoms with E-state index < -0.39 is 0 Å². The van der Waals surface area contributed by atoms with Crippen LogP contribution in [0.4, 0.5) is 0 Å². The van der Waals surface area contributed by atoms with Crippen molar-refractivity contribution in [1.82, 2.24) is 41.5 Å². The van der Waals surface area contributed by atoms with Crippen LogP contribution in [0.3, 0.4) is 0 Å². The van der Waals surface area contributed by atoms with Crippen LogP contribution in [0.15, 0.2) is 41.9 Å². The van der Waals surface area contributed by atoms with Crippen LogP contribution in [0, 0.1) is 0 Å². The molecule has 0 unspecified atom stereocenters. The van der Waals surface area contributed by atoms with E-state index in [-0.39, 0.29) is 0 Å². The highest BCUT2D eigenvalue weighted by atomic mass is 32.1. The van der Waals surface area contributed by atoms with Crippen molar-refractivity contribution in [1.29, 1.82) is 0 Å². The van der Waals surface area contributed by atoms with Crippen molar-refractivity contribution in [2.45, 2.75) is 0 Å². The molecule has 0 aliphatic carbocycles. The lowest BCUT2D eigenvalue weighted by Gasteiger charge is -2.11. The van der Waals surface area contributed by atoms with Gasteiger partial charge in [-0.25, -0.2) is 0 Å². The minimum absolute atomic E-state index is 0.889. The van der Waals surface area contributed by atoms with Gasteiger partial charge >= 0.3 is 0 Å². The van der Waals surface area contributed by atoms with Gasteiger partial charge in [0.25, 0.3) is 0 Å². The van der Waals surface area contributed by atoms with Gasteiger partial charge in [-0.3, -0.25) is 15.0 Å². The van der Waals surface area contributed by atoms with Gasteiger partial charge in [-0.05, 0) is 0 Å². The third-order valence-corrected chi connectivity index (χ3v) is 4.11. The molecule has 3 saturated heterocycles. The summed E-state index contributed by atoms with van der Waals surface area (Å²) in [5, 5.41) is 18.0. The van der Waals surface area contributed by atoms with Crippen LogP contribution >= 0.6 is 11.3 Å². The monoisotopic (exact) mass is 424 g/mol. The molecule has 0 atom stereocenters. The van der Waals surface area contributed by atoms with Crippen molar-refractivity contribution in [3.8, 4) is 0 Å². The number of morpholine rings is 1. The molecule has 0 bridgehead atoms. The second-order valence-electron chi connectivity index (χ2n) is 5.93. The molecule has 0 radical (unpaired) electrons. The van der Waals surface area contributed by atoms with E-state index in [1.807, 2.05) is 5.38 Å². The molecule has 5 rings (SSSR count). The van der Waals surface area contributed by atoms with Crippen LogP contribution in [-0.2, 0) is 4.74 Å². The summed E-state index contributed by atoms with van der Waals surface area (Å²) in [5.41, 5.74) is 1.79. The summed E-state index contributed by atoms with van der Waals surface area (Å²) in [6.45, 7) is 12.9. The van der Waals surface area contributed by atoms with E-state index in [2.05, 4.69) is 41.5 Å². The van der Waals surface area contributed by atoms with Crippen molar-refractivity contribution in [2.75, 3.05) is 78.7 Å². The average Bonchev–Trinajstić information content (AvgIpc) is 3.45. The second kappa shape index (κ2) is 22.8. The molecule has 3 aliphatic heterocycles. The first-order chi connectivity index (χ1) is 14.5. The van der Waals surface area contributed by atoms with E-state index >= 15 is 0 Å². The third kappa shape index (κ3) is 21.0. The Hall–Kier alpha value is -1.53. The molecule has 3 aliphatic rings. The maximum Gasteiger partial charge on any atom is 0.0791 e.